The summed E-state index contributed by atoms with van der Waals surface area (Å²) in [6.45, 7) is 4.15. The first-order valence-electron chi connectivity index (χ1n) is 5.11. The highest BCUT2D eigenvalue weighted by atomic mass is 79.9. The molecular weight excluding hydrogens is 281 g/mol. The molecule has 0 heterocycles. The number of hydrogen-bond donors (Lipinski definition) is 0. The van der Waals surface area contributed by atoms with Crippen LogP contribution < -0.4 is 0 Å². The van der Waals surface area contributed by atoms with Crippen molar-refractivity contribution in [2.24, 2.45) is 5.92 Å². The Bertz CT molecular complexity index is 327. The van der Waals surface area contributed by atoms with E-state index in [-0.39, 0.29) is 0 Å². The zero-order valence-corrected chi connectivity index (χ0v) is 10.8. The number of hydrogen-bond acceptors (Lipinski definition) is 0. The molecule has 0 aromatic heterocycles. The molecule has 1 atom stereocenters. The van der Waals surface area contributed by atoms with Crippen LogP contribution in [0.3, 0.4) is 0 Å². The first-order chi connectivity index (χ1) is 7.30. The number of alkyl halides is 4. The van der Waals surface area contributed by atoms with Crippen molar-refractivity contribution in [1.29, 1.82) is 0 Å². The molecule has 1 aromatic rings. The van der Waals surface area contributed by atoms with Crippen LogP contribution >= 0.6 is 15.9 Å². The summed E-state index contributed by atoms with van der Waals surface area (Å²) in [5.74, 6) is 0.460. The lowest BCUT2D eigenvalue weighted by molar-refractivity contribution is -0.137. The molecule has 0 N–H and O–H groups in total. The van der Waals surface area contributed by atoms with E-state index in [1.165, 1.54) is 0 Å². The van der Waals surface area contributed by atoms with E-state index in [0.717, 1.165) is 24.1 Å². The molecule has 0 spiro atoms. The van der Waals surface area contributed by atoms with Crippen LogP contribution in [0.25, 0.3) is 0 Å². The van der Waals surface area contributed by atoms with Gasteiger partial charge in [0.25, 0.3) is 0 Å². The van der Waals surface area contributed by atoms with Gasteiger partial charge in [0, 0.05) is 4.83 Å². The highest BCUT2D eigenvalue weighted by molar-refractivity contribution is 9.09. The summed E-state index contributed by atoms with van der Waals surface area (Å²) in [6, 6.07) is 5.35. The van der Waals surface area contributed by atoms with Gasteiger partial charge in [-0.25, -0.2) is 0 Å². The maximum Gasteiger partial charge on any atom is 0.416 e. The zero-order valence-electron chi connectivity index (χ0n) is 9.18. The van der Waals surface area contributed by atoms with E-state index in [4.69, 9.17) is 0 Å². The Hall–Kier alpha value is -0.510. The SMILES string of the molecule is CC(C)C(Br)Cc1ccc(C(F)(F)F)cc1. The first-order valence-corrected chi connectivity index (χ1v) is 6.02. The average Bonchev–Trinajstić information content (AvgIpc) is 2.17. The summed E-state index contributed by atoms with van der Waals surface area (Å²) in [4.78, 5) is 0.296. The molecule has 16 heavy (non-hydrogen) atoms. The van der Waals surface area contributed by atoms with Gasteiger partial charge >= 0.3 is 6.18 Å². The Labute approximate surface area is 102 Å². The molecule has 0 fully saturated rings. The van der Waals surface area contributed by atoms with Crippen LogP contribution in [0.2, 0.25) is 0 Å². The van der Waals surface area contributed by atoms with Gasteiger partial charge in [0.2, 0.25) is 0 Å². The van der Waals surface area contributed by atoms with Crippen molar-refractivity contribution < 1.29 is 13.2 Å². The van der Waals surface area contributed by atoms with E-state index < -0.39 is 11.7 Å². The normalized spacial score (nSPS) is 14.2. The molecule has 0 aliphatic carbocycles. The maximum atomic E-state index is 12.3. The molecule has 0 bridgehead atoms. The van der Waals surface area contributed by atoms with Crippen LogP contribution in [-0.4, -0.2) is 4.83 Å². The minimum Gasteiger partial charge on any atom is -0.166 e. The summed E-state index contributed by atoms with van der Waals surface area (Å²) in [5.41, 5.74) is 0.329. The highest BCUT2D eigenvalue weighted by Gasteiger charge is 2.29. The zero-order chi connectivity index (χ0) is 12.3. The molecule has 0 saturated carbocycles. The van der Waals surface area contributed by atoms with E-state index in [1.807, 2.05) is 0 Å². The monoisotopic (exact) mass is 294 g/mol. The van der Waals surface area contributed by atoms with Crippen molar-refractivity contribution in [3.8, 4) is 0 Å². The summed E-state index contributed by atoms with van der Waals surface area (Å²) in [5, 5.41) is 0. The van der Waals surface area contributed by atoms with Crippen molar-refractivity contribution >= 4 is 15.9 Å². The Kier molecular flexibility index (Phi) is 4.42. The van der Waals surface area contributed by atoms with Gasteiger partial charge in [-0.1, -0.05) is 41.9 Å². The fourth-order valence-electron chi connectivity index (χ4n) is 1.29. The molecule has 0 radical (unpaired) electrons. The third-order valence-electron chi connectivity index (χ3n) is 2.44. The van der Waals surface area contributed by atoms with E-state index in [9.17, 15) is 13.2 Å². The van der Waals surface area contributed by atoms with Crippen molar-refractivity contribution in [3.05, 3.63) is 35.4 Å². The fraction of sp³-hybridized carbons (Fsp3) is 0.500. The summed E-state index contributed by atoms with van der Waals surface area (Å²) < 4.78 is 36.9. The van der Waals surface area contributed by atoms with Gasteiger partial charge < -0.3 is 0 Å². The van der Waals surface area contributed by atoms with E-state index >= 15 is 0 Å². The van der Waals surface area contributed by atoms with Crippen molar-refractivity contribution in [3.63, 3.8) is 0 Å². The van der Waals surface area contributed by atoms with Gasteiger partial charge in [0.1, 0.15) is 0 Å². The third-order valence-corrected chi connectivity index (χ3v) is 3.82. The van der Waals surface area contributed by atoms with Crippen LogP contribution in [0, 0.1) is 5.92 Å². The maximum absolute atomic E-state index is 12.3. The van der Waals surface area contributed by atoms with E-state index in [0.29, 0.717) is 10.7 Å². The second kappa shape index (κ2) is 5.21. The van der Waals surface area contributed by atoms with Crippen LogP contribution in [0.15, 0.2) is 24.3 Å². The molecule has 1 rings (SSSR count). The Balaban J connectivity index is 2.72. The van der Waals surface area contributed by atoms with Crippen LogP contribution in [-0.2, 0) is 12.6 Å². The largest absolute Gasteiger partial charge is 0.416 e. The standard InChI is InChI=1S/C12H14BrF3/c1-8(2)11(13)7-9-3-5-10(6-4-9)12(14,15)16/h3-6,8,11H,7H2,1-2H3. The number of rotatable bonds is 3. The summed E-state index contributed by atoms with van der Waals surface area (Å²) in [6.07, 6.45) is -3.50. The lowest BCUT2D eigenvalue weighted by Gasteiger charge is -2.14. The quantitative estimate of drug-likeness (QED) is 0.711. The molecule has 0 aliphatic heterocycles. The molecule has 4 heteroatoms. The van der Waals surface area contributed by atoms with E-state index in [2.05, 4.69) is 29.8 Å². The lowest BCUT2D eigenvalue weighted by atomic mass is 10.0. The van der Waals surface area contributed by atoms with Crippen molar-refractivity contribution in [1.82, 2.24) is 0 Å². The van der Waals surface area contributed by atoms with Crippen molar-refractivity contribution in [2.45, 2.75) is 31.3 Å². The minimum atomic E-state index is -4.25. The van der Waals surface area contributed by atoms with Crippen LogP contribution in [0.4, 0.5) is 13.2 Å². The molecule has 1 unspecified atom stereocenters. The number of halogens is 4. The van der Waals surface area contributed by atoms with Crippen LogP contribution in [0.1, 0.15) is 25.0 Å². The molecule has 90 valence electrons. The molecule has 0 amide bonds. The van der Waals surface area contributed by atoms with Crippen molar-refractivity contribution in [2.75, 3.05) is 0 Å². The summed E-state index contributed by atoms with van der Waals surface area (Å²) >= 11 is 3.51. The van der Waals surface area contributed by atoms with E-state index in [1.54, 1.807) is 12.1 Å². The smallest absolute Gasteiger partial charge is 0.166 e. The topological polar surface area (TPSA) is 0 Å². The predicted molar refractivity (Wildman–Crippen MR) is 62.7 cm³/mol. The molecule has 0 saturated heterocycles. The molecule has 1 aromatic carbocycles. The Morgan fingerprint density at radius 1 is 1.12 bits per heavy atom. The number of benzene rings is 1. The fourth-order valence-corrected chi connectivity index (χ4v) is 1.66. The first kappa shape index (κ1) is 13.6. The Morgan fingerprint density at radius 3 is 2.00 bits per heavy atom. The van der Waals surface area contributed by atoms with Gasteiger partial charge in [0.05, 0.1) is 5.56 Å². The van der Waals surface area contributed by atoms with Gasteiger partial charge in [-0.05, 0) is 30.0 Å². The molecule has 0 nitrogen and oxygen atoms in total. The van der Waals surface area contributed by atoms with Gasteiger partial charge in [-0.3, -0.25) is 0 Å². The predicted octanol–water partition coefficient (Wildman–Crippen LogP) is 4.67. The van der Waals surface area contributed by atoms with Crippen LogP contribution in [0.5, 0.6) is 0 Å². The second-order valence-corrected chi connectivity index (χ2v) is 5.33. The lowest BCUT2D eigenvalue weighted by Crippen LogP contribution is -2.11. The summed E-state index contributed by atoms with van der Waals surface area (Å²) in [7, 11) is 0. The third kappa shape index (κ3) is 3.81. The average molecular weight is 295 g/mol. The molecular formula is C12H14BrF3. The Morgan fingerprint density at radius 2 is 1.62 bits per heavy atom. The minimum absolute atomic E-state index is 0.296. The van der Waals surface area contributed by atoms with Gasteiger partial charge in [-0.2, -0.15) is 13.2 Å². The molecule has 0 aliphatic rings. The highest BCUT2D eigenvalue weighted by Crippen LogP contribution is 2.29. The van der Waals surface area contributed by atoms with Gasteiger partial charge in [-0.15, -0.1) is 0 Å². The van der Waals surface area contributed by atoms with Gasteiger partial charge in [0.15, 0.2) is 0 Å². The second-order valence-electron chi connectivity index (χ2n) is 4.16.